The van der Waals surface area contributed by atoms with Crippen LogP contribution in [-0.4, -0.2) is 35.6 Å². The van der Waals surface area contributed by atoms with Gasteiger partial charge in [0.2, 0.25) is 0 Å². The molecule has 0 spiro atoms. The molecule has 0 aromatic carbocycles. The van der Waals surface area contributed by atoms with Crippen LogP contribution in [0.2, 0.25) is 0 Å². The van der Waals surface area contributed by atoms with Gasteiger partial charge in [0, 0.05) is 34.6 Å². The number of pyridine rings is 2. The number of aryl methyl sites for hydroxylation is 1. The summed E-state index contributed by atoms with van der Waals surface area (Å²) < 4.78 is 18.0. The molecule has 1 saturated carbocycles. The number of nitriles is 1. The van der Waals surface area contributed by atoms with Crippen LogP contribution in [0, 0.1) is 24.1 Å². The molecular formula is C23H21FN6OS. The van der Waals surface area contributed by atoms with Gasteiger partial charge in [-0.2, -0.15) is 15.5 Å². The lowest BCUT2D eigenvalue weighted by Crippen LogP contribution is -2.21. The molecule has 0 saturated heterocycles. The van der Waals surface area contributed by atoms with Crippen molar-refractivity contribution >= 4 is 17.3 Å². The molecule has 1 aliphatic carbocycles. The average Bonchev–Trinajstić information content (AvgIpc) is 3.39. The van der Waals surface area contributed by atoms with Gasteiger partial charge >= 0.3 is 0 Å². The Bertz CT molecular complexity index is 1330. The molecule has 7 nitrogen and oxygen atoms in total. The predicted molar refractivity (Wildman–Crippen MR) is 118 cm³/mol. The topological polar surface area (TPSA) is 92.0 Å². The maximum absolute atomic E-state index is 14.3. The first-order valence-corrected chi connectivity index (χ1v) is 11.3. The third-order valence-electron chi connectivity index (χ3n) is 5.90. The third kappa shape index (κ3) is 3.76. The Morgan fingerprint density at radius 1 is 1.25 bits per heavy atom. The summed E-state index contributed by atoms with van der Waals surface area (Å²) in [5.74, 6) is -0.414. The second-order valence-electron chi connectivity index (χ2n) is 8.02. The molecule has 0 amide bonds. The number of halogens is 1. The maximum atomic E-state index is 14.3. The number of aromatic nitrogens is 5. The Morgan fingerprint density at radius 3 is 2.81 bits per heavy atom. The fourth-order valence-corrected chi connectivity index (χ4v) is 5.19. The van der Waals surface area contributed by atoms with Crippen LogP contribution < -0.4 is 0 Å². The van der Waals surface area contributed by atoms with Gasteiger partial charge in [-0.05, 0) is 50.8 Å². The number of nitrogens with zero attached hydrogens (tertiary/aromatic N) is 6. The minimum absolute atomic E-state index is 0.217. The second-order valence-corrected chi connectivity index (χ2v) is 9.05. The van der Waals surface area contributed by atoms with Gasteiger partial charge < -0.3 is 5.11 Å². The Labute approximate surface area is 188 Å². The summed E-state index contributed by atoms with van der Waals surface area (Å²) in [4.78, 5) is 4.85. The quantitative estimate of drug-likeness (QED) is 0.493. The molecular weight excluding hydrogens is 427 g/mol. The standard InChI is InChI=1S/C23H21FN6OS/c1-14-19(13-29(28-14)17-4-6-18(31)7-5-17)15-9-21(32-23-20(24)3-2-8-26-23)22-16(10-25)11-27-30(22)12-15/h2-3,8-9,11-13,17-18,31H,4-7H2,1H3. The monoisotopic (exact) mass is 448 g/mol. The Hall–Kier alpha value is -3.22. The minimum atomic E-state index is -0.414. The zero-order valence-electron chi connectivity index (χ0n) is 17.4. The van der Waals surface area contributed by atoms with Crippen LogP contribution >= 0.6 is 11.8 Å². The average molecular weight is 449 g/mol. The van der Waals surface area contributed by atoms with E-state index in [1.807, 2.05) is 30.1 Å². The zero-order chi connectivity index (χ0) is 22.2. The third-order valence-corrected chi connectivity index (χ3v) is 6.92. The minimum Gasteiger partial charge on any atom is -0.393 e. The van der Waals surface area contributed by atoms with E-state index in [2.05, 4.69) is 16.2 Å². The fourth-order valence-electron chi connectivity index (χ4n) is 4.22. The molecule has 0 aliphatic heterocycles. The molecule has 0 atom stereocenters. The molecule has 1 N–H and O–H groups in total. The highest BCUT2D eigenvalue weighted by atomic mass is 32.2. The second kappa shape index (κ2) is 8.37. The summed E-state index contributed by atoms with van der Waals surface area (Å²) >= 11 is 1.17. The van der Waals surface area contributed by atoms with Crippen LogP contribution in [-0.2, 0) is 0 Å². The van der Waals surface area contributed by atoms with Crippen LogP contribution in [0.3, 0.4) is 0 Å². The molecule has 4 heterocycles. The van der Waals surface area contributed by atoms with Gasteiger partial charge in [0.1, 0.15) is 11.1 Å². The first-order valence-electron chi connectivity index (χ1n) is 10.5. The normalized spacial score (nSPS) is 18.7. The summed E-state index contributed by atoms with van der Waals surface area (Å²) in [5.41, 5.74) is 3.75. The van der Waals surface area contributed by atoms with Gasteiger partial charge in [0.15, 0.2) is 5.82 Å². The molecule has 5 rings (SSSR count). The van der Waals surface area contributed by atoms with Crippen LogP contribution in [0.25, 0.3) is 16.6 Å². The summed E-state index contributed by atoms with van der Waals surface area (Å²) in [6.07, 6.45) is 10.1. The van der Waals surface area contributed by atoms with Crippen molar-refractivity contribution in [2.24, 2.45) is 0 Å². The number of rotatable bonds is 4. The highest BCUT2D eigenvalue weighted by Gasteiger charge is 2.23. The van der Waals surface area contributed by atoms with E-state index in [0.717, 1.165) is 42.5 Å². The lowest BCUT2D eigenvalue weighted by molar-refractivity contribution is 0.108. The van der Waals surface area contributed by atoms with E-state index < -0.39 is 5.82 Å². The van der Waals surface area contributed by atoms with E-state index in [-0.39, 0.29) is 17.2 Å². The SMILES string of the molecule is Cc1nn(C2CCC(O)CC2)cc1-c1cc(Sc2ncccc2F)c2c(C#N)cnn2c1. The lowest BCUT2D eigenvalue weighted by Gasteiger charge is -2.25. The Morgan fingerprint density at radius 2 is 2.06 bits per heavy atom. The van der Waals surface area contributed by atoms with E-state index in [1.165, 1.54) is 24.0 Å². The van der Waals surface area contributed by atoms with Gasteiger partial charge in [-0.15, -0.1) is 0 Å². The summed E-state index contributed by atoms with van der Waals surface area (Å²) in [6.45, 7) is 1.96. The molecule has 1 aliphatic rings. The first kappa shape index (κ1) is 20.7. The Kier molecular flexibility index (Phi) is 5.41. The molecule has 1 fully saturated rings. The first-order chi connectivity index (χ1) is 15.5. The molecule has 9 heteroatoms. The van der Waals surface area contributed by atoms with Crippen LogP contribution in [0.15, 0.2) is 52.9 Å². The zero-order valence-corrected chi connectivity index (χ0v) is 18.3. The van der Waals surface area contributed by atoms with Gasteiger partial charge in [-0.25, -0.2) is 13.9 Å². The van der Waals surface area contributed by atoms with Gasteiger partial charge in [-0.1, -0.05) is 11.8 Å². The Balaban J connectivity index is 1.58. The molecule has 4 aromatic rings. The van der Waals surface area contributed by atoms with Gasteiger partial charge in [-0.3, -0.25) is 4.68 Å². The van der Waals surface area contributed by atoms with Crippen LogP contribution in [0.4, 0.5) is 4.39 Å². The predicted octanol–water partition coefficient (Wildman–Crippen LogP) is 4.54. The summed E-state index contributed by atoms with van der Waals surface area (Å²) in [6, 6.07) is 7.29. The van der Waals surface area contributed by atoms with Crippen molar-refractivity contribution in [2.45, 2.75) is 54.7 Å². The van der Waals surface area contributed by atoms with E-state index in [0.29, 0.717) is 16.0 Å². The number of hydrogen-bond acceptors (Lipinski definition) is 6. The smallest absolute Gasteiger partial charge is 0.155 e. The number of hydrogen-bond donors (Lipinski definition) is 1. The van der Waals surface area contributed by atoms with E-state index in [9.17, 15) is 14.8 Å². The molecule has 4 aromatic heterocycles. The lowest BCUT2D eigenvalue weighted by atomic mass is 9.93. The van der Waals surface area contributed by atoms with Crippen molar-refractivity contribution in [3.8, 4) is 17.2 Å². The maximum Gasteiger partial charge on any atom is 0.155 e. The highest BCUT2D eigenvalue weighted by molar-refractivity contribution is 7.99. The van der Waals surface area contributed by atoms with Crippen molar-refractivity contribution in [3.63, 3.8) is 0 Å². The number of aliphatic hydroxyl groups is 1. The van der Waals surface area contributed by atoms with Crippen molar-refractivity contribution in [1.82, 2.24) is 24.4 Å². The van der Waals surface area contributed by atoms with Gasteiger partial charge in [0.05, 0.1) is 35.1 Å². The van der Waals surface area contributed by atoms with Crippen molar-refractivity contribution in [1.29, 1.82) is 5.26 Å². The van der Waals surface area contributed by atoms with Crippen molar-refractivity contribution in [2.75, 3.05) is 0 Å². The molecule has 0 unspecified atom stereocenters. The van der Waals surface area contributed by atoms with Crippen molar-refractivity contribution in [3.05, 3.63) is 60.1 Å². The van der Waals surface area contributed by atoms with Gasteiger partial charge in [0.25, 0.3) is 0 Å². The highest BCUT2D eigenvalue weighted by Crippen LogP contribution is 2.37. The summed E-state index contributed by atoms with van der Waals surface area (Å²) in [5, 5.41) is 28.7. The molecule has 162 valence electrons. The van der Waals surface area contributed by atoms with Crippen LogP contribution in [0.1, 0.15) is 43.0 Å². The molecule has 32 heavy (non-hydrogen) atoms. The number of fused-ring (bicyclic) bond motifs is 1. The molecule has 0 bridgehead atoms. The van der Waals surface area contributed by atoms with E-state index in [1.54, 1.807) is 16.8 Å². The van der Waals surface area contributed by atoms with Crippen LogP contribution in [0.5, 0.6) is 0 Å². The number of aliphatic hydroxyl groups excluding tert-OH is 1. The van der Waals surface area contributed by atoms with Crippen molar-refractivity contribution < 1.29 is 9.50 Å². The molecule has 0 radical (unpaired) electrons. The summed E-state index contributed by atoms with van der Waals surface area (Å²) in [7, 11) is 0. The van der Waals surface area contributed by atoms with E-state index in [4.69, 9.17) is 5.10 Å². The largest absolute Gasteiger partial charge is 0.393 e. The van der Waals surface area contributed by atoms with E-state index >= 15 is 0 Å². The fraction of sp³-hybridized carbons (Fsp3) is 0.304.